The Hall–Kier alpha value is -0.120. The van der Waals surface area contributed by atoms with Crippen molar-refractivity contribution in [2.45, 2.75) is 40.0 Å². The van der Waals surface area contributed by atoms with Gasteiger partial charge in [-0.3, -0.25) is 4.99 Å². The summed E-state index contributed by atoms with van der Waals surface area (Å²) < 4.78 is 11.1. The topological polar surface area (TPSA) is 49.3 Å². The molecule has 0 aromatic carbocycles. The lowest BCUT2D eigenvalue weighted by atomic mass is 10.1. The van der Waals surface area contributed by atoms with Crippen LogP contribution in [-0.2, 0) is 9.47 Å². The molecule has 0 bridgehead atoms. The normalized spacial score (nSPS) is 17.7. The van der Waals surface area contributed by atoms with Gasteiger partial charge < -0.3 is 24.6 Å². The maximum absolute atomic E-state index is 5.61. The number of aliphatic imine (C=N–C) groups is 1. The van der Waals surface area contributed by atoms with Gasteiger partial charge in [0.1, 0.15) is 0 Å². The number of nitrogens with one attached hydrogen (secondary N) is 1. The molecule has 6 nitrogen and oxygen atoms in total. The van der Waals surface area contributed by atoms with E-state index in [1.807, 2.05) is 7.05 Å². The third kappa shape index (κ3) is 10.9. The van der Waals surface area contributed by atoms with Gasteiger partial charge in [0, 0.05) is 39.8 Å². The van der Waals surface area contributed by atoms with Gasteiger partial charge in [0.25, 0.3) is 0 Å². The Balaban J connectivity index is 0.00000625. The molecule has 0 saturated carbocycles. The lowest BCUT2D eigenvalue weighted by Crippen LogP contribution is -2.42. The van der Waals surface area contributed by atoms with Crippen molar-refractivity contribution in [3.8, 4) is 0 Å². The van der Waals surface area contributed by atoms with Crippen LogP contribution in [0.5, 0.6) is 0 Å². The first kappa shape index (κ1) is 25.9. The average Bonchev–Trinajstić information content (AvgIpc) is 3.09. The molecular formula is C19H41IN4O2. The second-order valence-electron chi connectivity index (χ2n) is 6.64. The predicted molar refractivity (Wildman–Crippen MR) is 121 cm³/mol. The maximum Gasteiger partial charge on any atom is 0.193 e. The van der Waals surface area contributed by atoms with Crippen LogP contribution < -0.4 is 5.32 Å². The van der Waals surface area contributed by atoms with Crippen LogP contribution in [0.1, 0.15) is 40.0 Å². The standard InChI is InChI=1S/C19H40N4O2.HI/c1-5-8-12-24-14-15-25-13-10-21-19(20-4)23-11-9-18(17-23)16-22(6-2)7-3;/h18H,5-17H2,1-4H3,(H,20,21);1H. The quantitative estimate of drug-likeness (QED) is 0.189. The molecule has 156 valence electrons. The maximum atomic E-state index is 5.61. The Labute approximate surface area is 178 Å². The molecule has 1 unspecified atom stereocenters. The Morgan fingerprint density at radius 3 is 2.42 bits per heavy atom. The fraction of sp³-hybridized carbons (Fsp3) is 0.947. The van der Waals surface area contributed by atoms with E-state index in [-0.39, 0.29) is 24.0 Å². The van der Waals surface area contributed by atoms with E-state index in [4.69, 9.17) is 9.47 Å². The Kier molecular flexibility index (Phi) is 16.9. The van der Waals surface area contributed by atoms with E-state index in [1.54, 1.807) is 0 Å². The van der Waals surface area contributed by atoms with Gasteiger partial charge in [-0.05, 0) is 31.8 Å². The summed E-state index contributed by atoms with van der Waals surface area (Å²) in [6.07, 6.45) is 3.56. The lowest BCUT2D eigenvalue weighted by Gasteiger charge is -2.24. The highest BCUT2D eigenvalue weighted by molar-refractivity contribution is 14.0. The SMILES string of the molecule is CCCCOCCOCCNC(=NC)N1CCC(CN(CC)CC)C1.I. The molecule has 1 atom stereocenters. The Morgan fingerprint density at radius 2 is 1.81 bits per heavy atom. The highest BCUT2D eigenvalue weighted by atomic mass is 127. The summed E-state index contributed by atoms with van der Waals surface area (Å²) in [5.41, 5.74) is 0. The van der Waals surface area contributed by atoms with Gasteiger partial charge in [-0.15, -0.1) is 24.0 Å². The summed E-state index contributed by atoms with van der Waals surface area (Å²) in [6.45, 7) is 16.0. The van der Waals surface area contributed by atoms with E-state index in [0.29, 0.717) is 19.8 Å². The zero-order valence-corrected chi connectivity index (χ0v) is 19.7. The van der Waals surface area contributed by atoms with E-state index in [9.17, 15) is 0 Å². The van der Waals surface area contributed by atoms with Crippen LogP contribution >= 0.6 is 24.0 Å². The number of hydrogen-bond acceptors (Lipinski definition) is 4. The minimum absolute atomic E-state index is 0. The minimum atomic E-state index is 0. The molecule has 0 amide bonds. The summed E-state index contributed by atoms with van der Waals surface area (Å²) in [5.74, 6) is 1.75. The fourth-order valence-corrected chi connectivity index (χ4v) is 3.16. The van der Waals surface area contributed by atoms with E-state index in [2.05, 4.69) is 40.9 Å². The zero-order valence-electron chi connectivity index (χ0n) is 17.3. The molecule has 1 N–H and O–H groups in total. The lowest BCUT2D eigenvalue weighted by molar-refractivity contribution is 0.0486. The second-order valence-corrected chi connectivity index (χ2v) is 6.64. The van der Waals surface area contributed by atoms with Crippen LogP contribution in [0.25, 0.3) is 0 Å². The first-order chi connectivity index (χ1) is 12.2. The van der Waals surface area contributed by atoms with Crippen LogP contribution in [-0.4, -0.2) is 88.5 Å². The van der Waals surface area contributed by atoms with Gasteiger partial charge in [0.05, 0.1) is 19.8 Å². The van der Waals surface area contributed by atoms with Gasteiger partial charge in [0.2, 0.25) is 0 Å². The van der Waals surface area contributed by atoms with Crippen molar-refractivity contribution in [3.63, 3.8) is 0 Å². The number of guanidine groups is 1. The number of rotatable bonds is 13. The highest BCUT2D eigenvalue weighted by Crippen LogP contribution is 2.17. The number of nitrogens with zero attached hydrogens (tertiary/aromatic N) is 3. The van der Waals surface area contributed by atoms with E-state index in [1.165, 1.54) is 19.4 Å². The molecule has 1 rings (SSSR count). The Morgan fingerprint density at radius 1 is 1.12 bits per heavy atom. The molecule has 26 heavy (non-hydrogen) atoms. The molecule has 7 heteroatoms. The summed E-state index contributed by atoms with van der Waals surface area (Å²) in [4.78, 5) is 9.32. The summed E-state index contributed by atoms with van der Waals surface area (Å²) in [5, 5.41) is 3.42. The number of likely N-dealkylation sites (tertiary alicyclic amines) is 1. The highest BCUT2D eigenvalue weighted by Gasteiger charge is 2.25. The van der Waals surface area contributed by atoms with Gasteiger partial charge >= 0.3 is 0 Å². The van der Waals surface area contributed by atoms with Crippen LogP contribution in [0, 0.1) is 5.92 Å². The molecule has 1 fully saturated rings. The van der Waals surface area contributed by atoms with Crippen molar-refractivity contribution < 1.29 is 9.47 Å². The summed E-state index contributed by atoms with van der Waals surface area (Å²) >= 11 is 0. The smallest absolute Gasteiger partial charge is 0.193 e. The van der Waals surface area contributed by atoms with Crippen molar-refractivity contribution >= 4 is 29.9 Å². The second kappa shape index (κ2) is 17.0. The van der Waals surface area contributed by atoms with Crippen molar-refractivity contribution in [2.24, 2.45) is 10.9 Å². The number of halogens is 1. The first-order valence-electron chi connectivity index (χ1n) is 10.1. The molecule has 1 heterocycles. The predicted octanol–water partition coefficient (Wildman–Crippen LogP) is 2.68. The van der Waals surface area contributed by atoms with Gasteiger partial charge in [-0.2, -0.15) is 0 Å². The third-order valence-electron chi connectivity index (χ3n) is 4.75. The molecule has 1 aliphatic rings. The third-order valence-corrected chi connectivity index (χ3v) is 4.75. The molecule has 1 saturated heterocycles. The average molecular weight is 484 g/mol. The summed E-state index contributed by atoms with van der Waals surface area (Å²) in [6, 6.07) is 0. The first-order valence-corrected chi connectivity index (χ1v) is 10.1. The molecule has 0 aromatic rings. The van der Waals surface area contributed by atoms with Crippen LogP contribution in [0.4, 0.5) is 0 Å². The largest absolute Gasteiger partial charge is 0.379 e. The molecule has 0 spiro atoms. The van der Waals surface area contributed by atoms with Crippen molar-refractivity contribution in [1.82, 2.24) is 15.1 Å². The van der Waals surface area contributed by atoms with Crippen molar-refractivity contribution in [3.05, 3.63) is 0 Å². The van der Waals surface area contributed by atoms with Gasteiger partial charge in [-0.1, -0.05) is 27.2 Å². The van der Waals surface area contributed by atoms with Crippen molar-refractivity contribution in [1.29, 1.82) is 0 Å². The van der Waals surface area contributed by atoms with Crippen LogP contribution in [0.2, 0.25) is 0 Å². The number of hydrogen-bond donors (Lipinski definition) is 1. The molecule has 1 aliphatic heterocycles. The molecule has 0 radical (unpaired) electrons. The Bertz CT molecular complexity index is 354. The fourth-order valence-electron chi connectivity index (χ4n) is 3.16. The number of ether oxygens (including phenoxy) is 2. The minimum Gasteiger partial charge on any atom is -0.379 e. The molecule has 0 aromatic heterocycles. The monoisotopic (exact) mass is 484 g/mol. The number of unbranched alkanes of at least 4 members (excludes halogenated alkanes) is 1. The molecular weight excluding hydrogens is 443 g/mol. The summed E-state index contributed by atoms with van der Waals surface area (Å²) in [7, 11) is 1.86. The van der Waals surface area contributed by atoms with E-state index >= 15 is 0 Å². The van der Waals surface area contributed by atoms with E-state index in [0.717, 1.165) is 57.6 Å². The van der Waals surface area contributed by atoms with E-state index < -0.39 is 0 Å². The molecule has 0 aliphatic carbocycles. The van der Waals surface area contributed by atoms with Crippen LogP contribution in [0.3, 0.4) is 0 Å². The zero-order chi connectivity index (χ0) is 18.3. The van der Waals surface area contributed by atoms with Crippen LogP contribution in [0.15, 0.2) is 4.99 Å². The van der Waals surface area contributed by atoms with Gasteiger partial charge in [-0.25, -0.2) is 0 Å². The van der Waals surface area contributed by atoms with Crippen molar-refractivity contribution in [2.75, 3.05) is 72.7 Å². The van der Waals surface area contributed by atoms with Gasteiger partial charge in [0.15, 0.2) is 5.96 Å².